The van der Waals surface area contributed by atoms with Crippen LogP contribution in [0.15, 0.2) is 229 Å². The van der Waals surface area contributed by atoms with E-state index in [0.717, 1.165) is 93.7 Å². The highest BCUT2D eigenvalue weighted by atomic mass is 16.3. The van der Waals surface area contributed by atoms with Gasteiger partial charge in [-0.05, 0) is 63.7 Å². The molecule has 14 aromatic rings. The first-order chi connectivity index (χ1) is 34.2. The Morgan fingerprint density at radius 1 is 0.304 bits per heavy atom. The molecule has 1 aliphatic rings. The first-order valence-electron chi connectivity index (χ1n) is 23.4. The fourth-order valence-corrected chi connectivity index (χ4v) is 11.2. The van der Waals surface area contributed by atoms with E-state index in [1.807, 2.05) is 24.3 Å². The highest BCUT2D eigenvalue weighted by Gasteiger charge is 2.29. The van der Waals surface area contributed by atoms with Crippen LogP contribution < -0.4 is 0 Å². The van der Waals surface area contributed by atoms with Gasteiger partial charge in [-0.1, -0.05) is 194 Å². The van der Waals surface area contributed by atoms with E-state index < -0.39 is 0 Å². The average Bonchev–Trinajstić information content (AvgIpc) is 4.06. The van der Waals surface area contributed by atoms with Gasteiger partial charge in [0.1, 0.15) is 11.2 Å². The second-order valence-corrected chi connectivity index (χ2v) is 17.9. The van der Waals surface area contributed by atoms with Crippen molar-refractivity contribution in [3.63, 3.8) is 0 Å². The smallest absolute Gasteiger partial charge is 0.238 e. The van der Waals surface area contributed by atoms with Gasteiger partial charge in [0, 0.05) is 54.6 Å². The summed E-state index contributed by atoms with van der Waals surface area (Å²) in [7, 11) is 0. The van der Waals surface area contributed by atoms with E-state index in [2.05, 4.69) is 209 Å². The molecule has 5 heterocycles. The molecule has 4 aromatic heterocycles. The highest BCUT2D eigenvalue weighted by Crippen LogP contribution is 2.50. The van der Waals surface area contributed by atoms with Crippen molar-refractivity contribution in [2.75, 3.05) is 0 Å². The minimum Gasteiger partial charge on any atom is -0.456 e. The van der Waals surface area contributed by atoms with E-state index in [-0.39, 0.29) is 0 Å². The van der Waals surface area contributed by atoms with Gasteiger partial charge in [0.05, 0.1) is 27.8 Å². The Bertz CT molecular complexity index is 4410. The van der Waals surface area contributed by atoms with Crippen LogP contribution >= 0.6 is 0 Å². The molecule has 0 aliphatic carbocycles. The maximum Gasteiger partial charge on any atom is 0.238 e. The summed E-state index contributed by atoms with van der Waals surface area (Å²) in [5.41, 5.74) is 17.9. The Morgan fingerprint density at radius 2 is 0.855 bits per heavy atom. The molecule has 320 valence electrons. The van der Waals surface area contributed by atoms with Gasteiger partial charge in [-0.2, -0.15) is 9.97 Å². The summed E-state index contributed by atoms with van der Waals surface area (Å²) < 4.78 is 11.7. The molecule has 0 atom stereocenters. The monoisotopic (exact) mass is 879 g/mol. The maximum absolute atomic E-state index is 6.87. The number of para-hydroxylation sites is 3. The lowest BCUT2D eigenvalue weighted by molar-refractivity contribution is 0.669. The van der Waals surface area contributed by atoms with Crippen LogP contribution in [0.1, 0.15) is 0 Å². The van der Waals surface area contributed by atoms with Crippen molar-refractivity contribution in [3.8, 4) is 78.9 Å². The molecule has 6 nitrogen and oxygen atoms in total. The first kappa shape index (κ1) is 37.8. The number of aromatic nitrogens is 5. The summed E-state index contributed by atoms with van der Waals surface area (Å²) in [5.74, 6) is 1.66. The van der Waals surface area contributed by atoms with Crippen LogP contribution in [0, 0.1) is 0 Å². The molecule has 10 aromatic carbocycles. The number of nitrogens with zero attached hydrogens (tertiary/aromatic N) is 5. The van der Waals surface area contributed by atoms with Crippen LogP contribution in [-0.2, 0) is 0 Å². The minimum absolute atomic E-state index is 0.528. The molecule has 0 amide bonds. The van der Waals surface area contributed by atoms with E-state index >= 15 is 0 Å². The van der Waals surface area contributed by atoms with Crippen LogP contribution in [0.5, 0.6) is 0 Å². The van der Waals surface area contributed by atoms with Gasteiger partial charge in [0.25, 0.3) is 0 Å². The van der Waals surface area contributed by atoms with Crippen molar-refractivity contribution in [1.29, 1.82) is 0 Å². The number of furan rings is 1. The third-order valence-electron chi connectivity index (χ3n) is 14.1. The normalized spacial score (nSPS) is 12.1. The lowest BCUT2D eigenvalue weighted by Crippen LogP contribution is -2.07. The van der Waals surface area contributed by atoms with Gasteiger partial charge in [0.2, 0.25) is 5.95 Å². The predicted molar refractivity (Wildman–Crippen MR) is 282 cm³/mol. The predicted octanol–water partition coefficient (Wildman–Crippen LogP) is 16.3. The third kappa shape index (κ3) is 5.51. The molecule has 0 saturated carbocycles. The first-order valence-corrected chi connectivity index (χ1v) is 23.4. The van der Waals surface area contributed by atoms with Gasteiger partial charge in [-0.15, -0.1) is 0 Å². The van der Waals surface area contributed by atoms with E-state index in [9.17, 15) is 0 Å². The molecule has 15 rings (SSSR count). The lowest BCUT2D eigenvalue weighted by Gasteiger charge is -2.15. The average molecular weight is 880 g/mol. The Labute approximate surface area is 395 Å². The van der Waals surface area contributed by atoms with E-state index in [0.29, 0.717) is 17.6 Å². The van der Waals surface area contributed by atoms with Gasteiger partial charge in [0.15, 0.2) is 11.6 Å². The topological polar surface area (TPSA) is 61.7 Å². The second kappa shape index (κ2) is 14.6. The zero-order valence-corrected chi connectivity index (χ0v) is 37.0. The van der Waals surface area contributed by atoms with E-state index in [4.69, 9.17) is 19.4 Å². The fourth-order valence-electron chi connectivity index (χ4n) is 11.2. The standard InChI is InChI=1S/C63H37N5O/c1-4-18-38(19-5-1)41-36-51(39-20-6-2-7-21-39)57-55(37-41)69-54-33-17-30-50(56(54)57)62-64-61(40-22-8-3-9-23-40)65-63(66-62)68-53-32-15-13-27-45(53)48-34-35-49-47-29-16-28-46-43-25-11-10-24-42(43)44-26-12-14-31-52(44)67(58(46)47)59(49)60(48)68/h1-37H. The van der Waals surface area contributed by atoms with Gasteiger partial charge >= 0.3 is 0 Å². The molecular weight excluding hydrogens is 843 g/mol. The second-order valence-electron chi connectivity index (χ2n) is 17.9. The Balaban J connectivity index is 1.07. The van der Waals surface area contributed by atoms with E-state index in [1.165, 1.54) is 33.2 Å². The number of hydrogen-bond acceptors (Lipinski definition) is 4. The molecule has 0 saturated heterocycles. The van der Waals surface area contributed by atoms with Crippen molar-refractivity contribution in [2.24, 2.45) is 0 Å². The number of rotatable bonds is 5. The van der Waals surface area contributed by atoms with Crippen molar-refractivity contribution in [1.82, 2.24) is 24.1 Å². The van der Waals surface area contributed by atoms with Crippen molar-refractivity contribution >= 4 is 65.6 Å². The van der Waals surface area contributed by atoms with Crippen LogP contribution in [0.3, 0.4) is 0 Å². The van der Waals surface area contributed by atoms with Crippen molar-refractivity contribution < 1.29 is 4.42 Å². The van der Waals surface area contributed by atoms with Crippen LogP contribution in [0.2, 0.25) is 0 Å². The van der Waals surface area contributed by atoms with Crippen LogP contribution in [0.4, 0.5) is 0 Å². The SMILES string of the molecule is c1ccc(-c2cc(-c3ccccc3)c3c(c2)oc2cccc(-c4nc(-c5ccccc5)nc(-n5c6ccccc6c6ccc7c8cccc9c8n(c7c65)-c5ccccc5-c5ccccc5-9)n4)c23)cc1. The lowest BCUT2D eigenvalue weighted by atomic mass is 9.93. The molecule has 0 spiro atoms. The number of hydrogen-bond donors (Lipinski definition) is 0. The molecular formula is C63H37N5O. The zero-order chi connectivity index (χ0) is 45.2. The molecule has 0 fully saturated rings. The molecule has 6 heteroatoms. The Hall–Kier alpha value is -9.39. The van der Waals surface area contributed by atoms with Crippen molar-refractivity contribution in [3.05, 3.63) is 224 Å². The minimum atomic E-state index is 0.528. The third-order valence-corrected chi connectivity index (χ3v) is 14.1. The summed E-state index contributed by atoms with van der Waals surface area (Å²) in [6.07, 6.45) is 0. The molecule has 69 heavy (non-hydrogen) atoms. The molecule has 0 bridgehead atoms. The summed E-state index contributed by atoms with van der Waals surface area (Å²) in [5, 5.41) is 6.55. The molecule has 1 aliphatic heterocycles. The summed E-state index contributed by atoms with van der Waals surface area (Å²) in [6.45, 7) is 0. The zero-order valence-electron chi connectivity index (χ0n) is 37.0. The van der Waals surface area contributed by atoms with Gasteiger partial charge in [-0.3, -0.25) is 4.57 Å². The quantitative estimate of drug-likeness (QED) is 0.173. The Kier molecular flexibility index (Phi) is 7.97. The van der Waals surface area contributed by atoms with Crippen LogP contribution in [-0.4, -0.2) is 24.1 Å². The maximum atomic E-state index is 6.87. The summed E-state index contributed by atoms with van der Waals surface area (Å²) in [6, 6.07) is 79.6. The van der Waals surface area contributed by atoms with Gasteiger partial charge < -0.3 is 8.98 Å². The highest BCUT2D eigenvalue weighted by molar-refractivity contribution is 6.26. The Morgan fingerprint density at radius 3 is 1.65 bits per heavy atom. The van der Waals surface area contributed by atoms with E-state index in [1.54, 1.807) is 0 Å². The largest absolute Gasteiger partial charge is 0.456 e. The molecule has 0 radical (unpaired) electrons. The summed E-state index contributed by atoms with van der Waals surface area (Å²) >= 11 is 0. The number of benzene rings is 10. The number of fused-ring (bicyclic) bond motifs is 15. The van der Waals surface area contributed by atoms with Crippen molar-refractivity contribution in [2.45, 2.75) is 0 Å². The molecule has 0 unspecified atom stereocenters. The summed E-state index contributed by atoms with van der Waals surface area (Å²) in [4.78, 5) is 16.5. The molecule has 0 N–H and O–H groups in total. The fraction of sp³-hybridized carbons (Fsp3) is 0. The van der Waals surface area contributed by atoms with Gasteiger partial charge in [-0.25, -0.2) is 4.98 Å². The van der Waals surface area contributed by atoms with Crippen LogP contribution in [0.25, 0.3) is 144 Å².